The monoisotopic (exact) mass is 354 g/mol. The molecule has 3 nitrogen and oxygen atoms in total. The maximum atomic E-state index is 13.2. The van der Waals surface area contributed by atoms with Crippen LogP contribution in [0.2, 0.25) is 5.02 Å². The summed E-state index contributed by atoms with van der Waals surface area (Å²) in [5.41, 5.74) is 2.49. The molecule has 3 aromatic rings. The minimum Gasteiger partial charge on any atom is -0.348 e. The first-order valence-electron chi connectivity index (χ1n) is 8.10. The Morgan fingerprint density at radius 1 is 1.04 bits per heavy atom. The first-order chi connectivity index (χ1) is 12.1. The van der Waals surface area contributed by atoms with E-state index in [1.54, 1.807) is 0 Å². The van der Waals surface area contributed by atoms with E-state index in [0.717, 1.165) is 17.8 Å². The van der Waals surface area contributed by atoms with Gasteiger partial charge in [-0.1, -0.05) is 23.7 Å². The van der Waals surface area contributed by atoms with Crippen LogP contribution in [0.5, 0.6) is 0 Å². The van der Waals surface area contributed by atoms with Gasteiger partial charge in [-0.05, 0) is 54.1 Å². The smallest absolute Gasteiger partial charge is 0.254 e. The van der Waals surface area contributed by atoms with Crippen molar-refractivity contribution in [3.8, 4) is 0 Å². The molecule has 1 aromatic heterocycles. The number of fused-ring (bicyclic) bond motifs is 1. The lowest BCUT2D eigenvalue weighted by Gasteiger charge is -2.37. The fraction of sp³-hybridized carbons (Fsp3) is 0.150. The van der Waals surface area contributed by atoms with Crippen LogP contribution in [0.25, 0.3) is 0 Å². The van der Waals surface area contributed by atoms with Gasteiger partial charge in [-0.15, -0.1) is 0 Å². The zero-order valence-electron chi connectivity index (χ0n) is 13.4. The highest BCUT2D eigenvalue weighted by Crippen LogP contribution is 2.34. The number of halogens is 2. The van der Waals surface area contributed by atoms with E-state index < -0.39 is 0 Å². The third-order valence-electron chi connectivity index (χ3n) is 4.55. The minimum absolute atomic E-state index is 0.113. The summed E-state index contributed by atoms with van der Waals surface area (Å²) in [7, 11) is 0. The molecule has 2 heterocycles. The third-order valence-corrected chi connectivity index (χ3v) is 4.79. The molecule has 126 valence electrons. The van der Waals surface area contributed by atoms with Gasteiger partial charge in [0.05, 0.1) is 6.04 Å². The Balaban J connectivity index is 1.78. The van der Waals surface area contributed by atoms with Crippen molar-refractivity contribution in [1.29, 1.82) is 0 Å². The lowest BCUT2D eigenvalue weighted by molar-refractivity contribution is 0.0664. The van der Waals surface area contributed by atoms with Crippen molar-refractivity contribution in [1.82, 2.24) is 9.47 Å². The average Bonchev–Trinajstić information content (AvgIpc) is 3.09. The number of amides is 1. The minimum atomic E-state index is -0.351. The van der Waals surface area contributed by atoms with E-state index in [4.69, 9.17) is 11.6 Å². The molecule has 0 fully saturated rings. The largest absolute Gasteiger partial charge is 0.348 e. The maximum absolute atomic E-state index is 13.2. The van der Waals surface area contributed by atoms with E-state index in [2.05, 4.69) is 4.57 Å². The van der Waals surface area contributed by atoms with E-state index in [1.165, 1.54) is 24.3 Å². The Morgan fingerprint density at radius 2 is 1.84 bits per heavy atom. The van der Waals surface area contributed by atoms with E-state index >= 15 is 0 Å². The average molecular weight is 355 g/mol. The van der Waals surface area contributed by atoms with Crippen LogP contribution in [0.1, 0.15) is 27.7 Å². The Bertz CT molecular complexity index is 919. The van der Waals surface area contributed by atoms with Gasteiger partial charge < -0.3 is 9.47 Å². The fourth-order valence-corrected chi connectivity index (χ4v) is 3.59. The van der Waals surface area contributed by atoms with Crippen molar-refractivity contribution < 1.29 is 9.18 Å². The summed E-state index contributed by atoms with van der Waals surface area (Å²) >= 11 is 6.17. The molecule has 5 heteroatoms. The van der Waals surface area contributed by atoms with Crippen molar-refractivity contribution in [2.24, 2.45) is 0 Å². The van der Waals surface area contributed by atoms with Gasteiger partial charge in [0.15, 0.2) is 0 Å². The van der Waals surface area contributed by atoms with Crippen LogP contribution in [-0.4, -0.2) is 21.9 Å². The molecule has 1 aliphatic rings. The summed E-state index contributed by atoms with van der Waals surface area (Å²) in [5, 5.41) is 0.635. The summed E-state index contributed by atoms with van der Waals surface area (Å²) in [6.07, 6.45) is 2.02. The molecule has 0 N–H and O–H groups in total. The predicted octanol–water partition coefficient (Wildman–Crippen LogP) is 4.53. The number of carbonyl (C=O) groups is 1. The standard InChI is InChI=1S/C20H16ClFN2O/c21-16-4-1-3-15(13-16)19-18-5-2-10-23(18)11-12-24(19)20(25)14-6-8-17(22)9-7-14/h1-10,13,19H,11-12H2. The van der Waals surface area contributed by atoms with Gasteiger partial charge in [-0.25, -0.2) is 4.39 Å². The van der Waals surface area contributed by atoms with Crippen LogP contribution in [0.15, 0.2) is 66.9 Å². The summed E-state index contributed by atoms with van der Waals surface area (Å²) < 4.78 is 15.3. The molecule has 0 aliphatic carbocycles. The number of hydrogen-bond donors (Lipinski definition) is 0. The van der Waals surface area contributed by atoms with Gasteiger partial charge in [0.1, 0.15) is 5.82 Å². The maximum Gasteiger partial charge on any atom is 0.254 e. The quantitative estimate of drug-likeness (QED) is 0.664. The van der Waals surface area contributed by atoms with Gasteiger partial charge in [0, 0.05) is 35.6 Å². The molecule has 0 radical (unpaired) electrons. The second kappa shape index (κ2) is 6.37. The first-order valence-corrected chi connectivity index (χ1v) is 8.48. The highest BCUT2D eigenvalue weighted by atomic mass is 35.5. The second-order valence-electron chi connectivity index (χ2n) is 6.09. The fourth-order valence-electron chi connectivity index (χ4n) is 3.39. The molecule has 1 amide bonds. The Hall–Kier alpha value is -2.59. The molecular weight excluding hydrogens is 339 g/mol. The van der Waals surface area contributed by atoms with E-state index in [0.29, 0.717) is 17.1 Å². The van der Waals surface area contributed by atoms with Gasteiger partial charge in [-0.2, -0.15) is 0 Å². The summed E-state index contributed by atoms with van der Waals surface area (Å²) in [6.45, 7) is 1.31. The Morgan fingerprint density at radius 3 is 2.60 bits per heavy atom. The number of carbonyl (C=O) groups excluding carboxylic acids is 1. The molecule has 0 saturated heterocycles. The van der Waals surface area contributed by atoms with Crippen LogP contribution in [0.3, 0.4) is 0 Å². The molecule has 1 unspecified atom stereocenters. The van der Waals surface area contributed by atoms with Gasteiger partial charge in [-0.3, -0.25) is 4.79 Å². The highest BCUT2D eigenvalue weighted by molar-refractivity contribution is 6.30. The lowest BCUT2D eigenvalue weighted by atomic mass is 9.99. The van der Waals surface area contributed by atoms with Crippen LogP contribution in [0, 0.1) is 5.82 Å². The Labute approximate surface area is 150 Å². The highest BCUT2D eigenvalue weighted by Gasteiger charge is 2.32. The molecule has 1 atom stereocenters. The molecule has 1 aliphatic heterocycles. The van der Waals surface area contributed by atoms with Crippen molar-refractivity contribution in [3.05, 3.63) is 94.5 Å². The number of aromatic nitrogens is 1. The van der Waals surface area contributed by atoms with Gasteiger partial charge in [0.25, 0.3) is 5.91 Å². The van der Waals surface area contributed by atoms with Crippen LogP contribution >= 0.6 is 11.6 Å². The molecule has 0 spiro atoms. The normalized spacial score (nSPS) is 16.6. The summed E-state index contributed by atoms with van der Waals surface area (Å²) in [5.74, 6) is -0.465. The molecule has 4 rings (SSSR count). The molecule has 0 saturated carbocycles. The second-order valence-corrected chi connectivity index (χ2v) is 6.53. The summed E-state index contributed by atoms with van der Waals surface area (Å²) in [4.78, 5) is 14.9. The summed E-state index contributed by atoms with van der Waals surface area (Å²) in [6, 6.07) is 17.0. The van der Waals surface area contributed by atoms with Crippen molar-refractivity contribution in [3.63, 3.8) is 0 Å². The first kappa shape index (κ1) is 15.9. The van der Waals surface area contributed by atoms with Crippen molar-refractivity contribution in [2.75, 3.05) is 6.54 Å². The zero-order valence-corrected chi connectivity index (χ0v) is 14.2. The molecule has 0 bridgehead atoms. The molecular formula is C20H16ClFN2O. The van der Waals surface area contributed by atoms with Crippen LogP contribution in [-0.2, 0) is 6.54 Å². The van der Waals surface area contributed by atoms with E-state index in [-0.39, 0.29) is 17.8 Å². The van der Waals surface area contributed by atoms with E-state index in [9.17, 15) is 9.18 Å². The third kappa shape index (κ3) is 2.94. The predicted molar refractivity (Wildman–Crippen MR) is 95.2 cm³/mol. The number of hydrogen-bond acceptors (Lipinski definition) is 1. The number of rotatable bonds is 2. The van der Waals surface area contributed by atoms with E-state index in [1.807, 2.05) is 47.5 Å². The van der Waals surface area contributed by atoms with Gasteiger partial charge in [0.2, 0.25) is 0 Å². The van der Waals surface area contributed by atoms with Gasteiger partial charge >= 0.3 is 0 Å². The number of benzene rings is 2. The Kier molecular flexibility index (Phi) is 4.06. The van der Waals surface area contributed by atoms with Crippen molar-refractivity contribution >= 4 is 17.5 Å². The van der Waals surface area contributed by atoms with Crippen molar-refractivity contribution in [2.45, 2.75) is 12.6 Å². The SMILES string of the molecule is O=C(c1ccc(F)cc1)N1CCn2cccc2C1c1cccc(Cl)c1. The lowest BCUT2D eigenvalue weighted by Crippen LogP contribution is -2.42. The topological polar surface area (TPSA) is 25.2 Å². The number of nitrogens with zero attached hydrogens (tertiary/aromatic N) is 2. The molecule has 2 aromatic carbocycles. The zero-order chi connectivity index (χ0) is 17.4. The molecule has 25 heavy (non-hydrogen) atoms. The van der Waals surface area contributed by atoms with Crippen LogP contribution in [0.4, 0.5) is 4.39 Å². The van der Waals surface area contributed by atoms with Crippen LogP contribution < -0.4 is 0 Å².